The second-order valence-electron chi connectivity index (χ2n) is 11.3. The van der Waals surface area contributed by atoms with Crippen molar-refractivity contribution in [2.45, 2.75) is 90.5 Å². The molecule has 18 heteroatoms. The molecule has 17 nitrogen and oxygen atoms in total. The molecule has 230 valence electrons. The summed E-state index contributed by atoms with van der Waals surface area (Å²) >= 11 is 0. The van der Waals surface area contributed by atoms with E-state index in [1.54, 1.807) is 9.80 Å². The van der Waals surface area contributed by atoms with Gasteiger partial charge in [0, 0.05) is 54.4 Å². The number of rotatable bonds is 3. The fourth-order valence-corrected chi connectivity index (χ4v) is 4.15. The molecule has 2 saturated heterocycles. The van der Waals surface area contributed by atoms with Gasteiger partial charge in [-0.1, -0.05) is 5.11 Å². The molecular formula is C23H41N11O6S. The van der Waals surface area contributed by atoms with E-state index in [0.29, 0.717) is 23.6 Å². The molecule has 2 fully saturated rings. The van der Waals surface area contributed by atoms with E-state index < -0.39 is 21.4 Å². The summed E-state index contributed by atoms with van der Waals surface area (Å²) in [6.07, 6.45) is 6.56. The molecule has 3 heterocycles. The molecule has 2 N–H and O–H groups in total. The number of azide groups is 2. The lowest BCUT2D eigenvalue weighted by Gasteiger charge is -2.32. The van der Waals surface area contributed by atoms with E-state index in [1.165, 1.54) is 12.4 Å². The predicted octanol–water partition coefficient (Wildman–Crippen LogP) is 4.33. The van der Waals surface area contributed by atoms with E-state index in [1.807, 2.05) is 41.5 Å². The Labute approximate surface area is 240 Å². The maximum atomic E-state index is 11.7. The molecular weight excluding hydrogens is 558 g/mol. The van der Waals surface area contributed by atoms with Gasteiger partial charge in [-0.2, -0.15) is 8.42 Å². The first-order valence-corrected chi connectivity index (χ1v) is 14.4. The highest BCUT2D eigenvalue weighted by Gasteiger charge is 2.27. The van der Waals surface area contributed by atoms with E-state index in [0.717, 1.165) is 38.6 Å². The Kier molecular flexibility index (Phi) is 13.7. The second kappa shape index (κ2) is 15.9. The summed E-state index contributed by atoms with van der Waals surface area (Å²) in [5.41, 5.74) is 21.1. The summed E-state index contributed by atoms with van der Waals surface area (Å²) in [5.74, 6) is 0. The van der Waals surface area contributed by atoms with Gasteiger partial charge in [-0.25, -0.2) is 18.5 Å². The van der Waals surface area contributed by atoms with Crippen molar-refractivity contribution >= 4 is 22.4 Å². The van der Waals surface area contributed by atoms with Crippen molar-refractivity contribution in [2.75, 3.05) is 26.2 Å². The molecule has 0 bridgehead atoms. The van der Waals surface area contributed by atoms with Crippen molar-refractivity contribution in [3.05, 3.63) is 39.6 Å². The van der Waals surface area contributed by atoms with Crippen LogP contribution in [0.25, 0.3) is 20.9 Å². The molecule has 3 rings (SSSR count). The van der Waals surface area contributed by atoms with Gasteiger partial charge in [0.05, 0.1) is 10.6 Å². The van der Waals surface area contributed by atoms with Crippen molar-refractivity contribution in [3.63, 3.8) is 0 Å². The predicted molar refractivity (Wildman–Crippen MR) is 151 cm³/mol. The van der Waals surface area contributed by atoms with Gasteiger partial charge in [0.25, 0.3) is 0 Å². The number of nitrogens with zero attached hydrogens (tertiary/aromatic N) is 10. The van der Waals surface area contributed by atoms with E-state index in [2.05, 4.69) is 24.4 Å². The molecule has 0 radical (unpaired) electrons. The first-order valence-electron chi connectivity index (χ1n) is 13.0. The van der Waals surface area contributed by atoms with Crippen molar-refractivity contribution in [2.24, 2.45) is 15.4 Å². The zero-order valence-electron chi connectivity index (χ0n) is 24.5. The van der Waals surface area contributed by atoms with Crippen LogP contribution >= 0.6 is 0 Å². The third-order valence-electron chi connectivity index (χ3n) is 5.26. The Hall–Kier alpha value is -3.72. The minimum atomic E-state index is -3.90. The number of carbonyl (C=O) groups is 2. The smallest absolute Gasteiger partial charge is 0.410 e. The quantitative estimate of drug-likeness (QED) is 0.297. The number of piperidine rings is 2. The van der Waals surface area contributed by atoms with Gasteiger partial charge in [-0.15, -0.1) is 0 Å². The van der Waals surface area contributed by atoms with Crippen LogP contribution in [0.2, 0.25) is 0 Å². The zero-order chi connectivity index (χ0) is 31.3. The number of nitrogens with two attached hydrogens (primary N) is 1. The van der Waals surface area contributed by atoms with Crippen molar-refractivity contribution in [1.82, 2.24) is 18.8 Å². The maximum absolute atomic E-state index is 11.7. The molecule has 0 spiro atoms. The number of hydrogen-bond donors (Lipinski definition) is 1. The fraction of sp³-hybridized carbons (Fsp3) is 0.783. The Balaban J connectivity index is 0.000000313. The van der Waals surface area contributed by atoms with Crippen LogP contribution in [0.4, 0.5) is 9.59 Å². The Morgan fingerprint density at radius 3 is 1.93 bits per heavy atom. The Morgan fingerprint density at radius 1 is 0.951 bits per heavy atom. The van der Waals surface area contributed by atoms with Gasteiger partial charge in [0.15, 0.2) is 0 Å². The van der Waals surface area contributed by atoms with Crippen molar-refractivity contribution in [3.8, 4) is 0 Å². The number of carbonyl (C=O) groups excluding carboxylic acids is 2. The summed E-state index contributed by atoms with van der Waals surface area (Å²) in [6, 6.07) is -0.0115. The van der Waals surface area contributed by atoms with Crippen LogP contribution < -0.4 is 5.73 Å². The number of hydrogen-bond acceptors (Lipinski definition) is 9. The number of aromatic nitrogens is 2. The Morgan fingerprint density at radius 2 is 1.49 bits per heavy atom. The molecule has 41 heavy (non-hydrogen) atoms. The van der Waals surface area contributed by atoms with Gasteiger partial charge in [0.1, 0.15) is 17.5 Å². The molecule has 2 atom stereocenters. The van der Waals surface area contributed by atoms with Gasteiger partial charge < -0.3 is 25.0 Å². The van der Waals surface area contributed by atoms with Gasteiger partial charge >= 0.3 is 22.4 Å². The van der Waals surface area contributed by atoms with Crippen LogP contribution in [-0.4, -0.2) is 88.8 Å². The number of amides is 2. The van der Waals surface area contributed by atoms with Gasteiger partial charge in [-0.3, -0.25) is 0 Å². The summed E-state index contributed by atoms with van der Waals surface area (Å²) in [6.45, 7) is 13.6. The van der Waals surface area contributed by atoms with E-state index in [-0.39, 0.29) is 24.3 Å². The number of ether oxygens (including phenoxy) is 2. The molecule has 2 amide bonds. The Bertz CT molecular complexity index is 1180. The van der Waals surface area contributed by atoms with E-state index in [9.17, 15) is 18.0 Å². The lowest BCUT2D eigenvalue weighted by Crippen LogP contribution is -2.47. The van der Waals surface area contributed by atoms with Gasteiger partial charge in [0.2, 0.25) is 0 Å². The van der Waals surface area contributed by atoms with Crippen LogP contribution in [0.3, 0.4) is 0 Å². The molecule has 0 aromatic carbocycles. The normalized spacial score (nSPS) is 19.1. The topological polar surface area (TPSA) is 235 Å². The summed E-state index contributed by atoms with van der Waals surface area (Å²) in [4.78, 5) is 35.0. The first kappa shape index (κ1) is 35.3. The van der Waals surface area contributed by atoms with Crippen LogP contribution in [0.1, 0.15) is 67.2 Å². The largest absolute Gasteiger partial charge is 0.444 e. The second-order valence-corrected chi connectivity index (χ2v) is 12.8. The zero-order valence-corrected chi connectivity index (χ0v) is 25.3. The highest BCUT2D eigenvalue weighted by Crippen LogP contribution is 2.17. The summed E-state index contributed by atoms with van der Waals surface area (Å²) in [5, 5.41) is 3.64. The average Bonchev–Trinajstić information content (AvgIpc) is 3.40. The van der Waals surface area contributed by atoms with Crippen LogP contribution in [-0.2, 0) is 19.7 Å². The first-order chi connectivity index (χ1) is 19.0. The molecule has 2 aliphatic heterocycles. The summed E-state index contributed by atoms with van der Waals surface area (Å²) in [7, 11) is -3.90. The fourth-order valence-electron chi connectivity index (χ4n) is 3.59. The minimum Gasteiger partial charge on any atom is -0.444 e. The highest BCUT2D eigenvalue weighted by atomic mass is 32.2. The lowest BCUT2D eigenvalue weighted by molar-refractivity contribution is 0.0191. The van der Waals surface area contributed by atoms with Gasteiger partial charge in [-0.05, 0) is 78.3 Å². The van der Waals surface area contributed by atoms with Crippen molar-refractivity contribution in [1.29, 1.82) is 0 Å². The third kappa shape index (κ3) is 14.5. The number of imidazole rings is 1. The van der Waals surface area contributed by atoms with Crippen molar-refractivity contribution < 1.29 is 27.5 Å². The van der Waals surface area contributed by atoms with Crippen LogP contribution in [0.15, 0.2) is 28.4 Å². The molecule has 2 aliphatic rings. The van der Waals surface area contributed by atoms with Crippen LogP contribution in [0, 0.1) is 0 Å². The number of likely N-dealkylation sites (tertiary alicyclic amines) is 2. The van der Waals surface area contributed by atoms with Crippen LogP contribution in [0.5, 0.6) is 0 Å². The standard InChI is InChI=1S/C10H18N4O2.C10H20N2O2.C3H3N5O2S/c1-10(2,3)16-9(15)14-6-4-5-8(7-14)12-13-11;1-10(2,3)14-9(13)12-6-4-5-8(11)7-12;4-6-7-11(9,10)8-2-1-5-3-8/h8H,4-7H2,1-3H3;8H,4-7,11H2,1-3H3;1-3H/t2*8-;/m11./s1. The minimum absolute atomic E-state index is 0.108. The highest BCUT2D eigenvalue weighted by molar-refractivity contribution is 7.88. The maximum Gasteiger partial charge on any atom is 0.410 e. The molecule has 1 aromatic heterocycles. The monoisotopic (exact) mass is 599 g/mol. The summed E-state index contributed by atoms with van der Waals surface area (Å²) < 4.78 is 35.4. The molecule has 0 saturated carbocycles. The molecule has 0 unspecified atom stereocenters. The van der Waals surface area contributed by atoms with E-state index in [4.69, 9.17) is 26.3 Å². The lowest BCUT2D eigenvalue weighted by atomic mass is 10.1. The molecule has 1 aromatic rings. The SMILES string of the molecule is CC(C)(C)OC(=O)N1CCC[C@@H](N)C1.CC(C)(C)OC(=O)N1CCC[C@@H](N=[N+]=[N-])C1.[N-]=[N+]=NS(=O)(=O)n1ccnc1. The third-order valence-corrected chi connectivity index (χ3v) is 6.29. The van der Waals surface area contributed by atoms with E-state index >= 15 is 0 Å². The average molecular weight is 600 g/mol. The molecule has 0 aliphatic carbocycles.